The van der Waals surface area contributed by atoms with E-state index in [0.717, 1.165) is 22.5 Å². The molecule has 1 aromatic heterocycles. The quantitative estimate of drug-likeness (QED) is 0.247. The number of H-pyrrole nitrogens is 1. The van der Waals surface area contributed by atoms with Gasteiger partial charge in [0.2, 0.25) is 0 Å². The Morgan fingerprint density at radius 3 is 1.94 bits per heavy atom. The summed E-state index contributed by atoms with van der Waals surface area (Å²) >= 11 is 0. The van der Waals surface area contributed by atoms with Gasteiger partial charge in [-0.15, -0.1) is 0 Å². The Hall–Kier alpha value is -1.04. The van der Waals surface area contributed by atoms with Crippen molar-refractivity contribution in [3.63, 3.8) is 0 Å². The number of imidazole rings is 1. The molecule has 0 saturated heterocycles. The summed E-state index contributed by atoms with van der Waals surface area (Å²) in [5.74, 6) is 1.84. The average molecular weight is 468 g/mol. The molecule has 10 nitrogen and oxygen atoms in total. The fraction of sp³-hybridized carbons (Fsp3) is 0.167. The van der Waals surface area contributed by atoms with Crippen LogP contribution in [0.3, 0.4) is 0 Å². The van der Waals surface area contributed by atoms with Gasteiger partial charge in [-0.3, -0.25) is 0 Å². The summed E-state index contributed by atoms with van der Waals surface area (Å²) < 4.78 is 24.4. The van der Waals surface area contributed by atoms with Gasteiger partial charge in [0.05, 0.1) is 46.9 Å². The fourth-order valence-corrected chi connectivity index (χ4v) is 2.52. The number of phenols is 1. The maximum atomic E-state index is 10.0. The van der Waals surface area contributed by atoms with Crippen molar-refractivity contribution >= 4 is 7.82 Å². The number of hydrogen-bond acceptors (Lipinski definition) is 8. The predicted molar refractivity (Wildman–Crippen MR) is 101 cm³/mol. The van der Waals surface area contributed by atoms with Gasteiger partial charge >= 0.3 is 59.1 Å². The number of methoxy groups -OCH3 is 3. The molecule has 3 aromatic rings. The summed E-state index contributed by atoms with van der Waals surface area (Å²) in [6.45, 7) is 0. The van der Waals surface area contributed by atoms with Crippen molar-refractivity contribution in [2.75, 3.05) is 21.3 Å². The third kappa shape index (κ3) is 9.15. The summed E-state index contributed by atoms with van der Waals surface area (Å²) in [5.41, 5.74) is 3.15. The molecule has 13 heteroatoms. The van der Waals surface area contributed by atoms with Crippen LogP contribution in [0.5, 0.6) is 23.0 Å². The van der Waals surface area contributed by atoms with E-state index >= 15 is 0 Å². The van der Waals surface area contributed by atoms with Crippen LogP contribution in [-0.4, -0.2) is 41.3 Å². The number of hydrogen-bond donors (Lipinski definition) is 3. The van der Waals surface area contributed by atoms with Crippen LogP contribution in [-0.2, 0) is 4.57 Å². The molecule has 0 unspecified atom stereocenters. The topological polar surface area (TPSA) is 160 Å². The molecule has 0 radical (unpaired) electrons. The van der Waals surface area contributed by atoms with Gasteiger partial charge in [-0.2, -0.15) is 0 Å². The Bertz CT molecular complexity index is 995. The number of rotatable bonds is 5. The van der Waals surface area contributed by atoms with E-state index in [1.807, 2.05) is 18.2 Å². The monoisotopic (exact) mass is 468 g/mol. The first-order valence-electron chi connectivity index (χ1n) is 8.05. The number of aromatic nitrogens is 2. The van der Waals surface area contributed by atoms with E-state index in [4.69, 9.17) is 33.5 Å². The van der Waals surface area contributed by atoms with Crippen LogP contribution >= 0.6 is 7.82 Å². The van der Waals surface area contributed by atoms with Crippen molar-refractivity contribution in [1.29, 1.82) is 0 Å². The molecule has 0 fully saturated rings. The standard InChI is InChI=1S/C18H18N2O4.2Na.H3O4P/c1-22-13-6-12(7-14(9-13)23-2)18-17(19-10-20-18)11-4-5-16(24-3)15(21)8-11;;;1-5(2,3)4/h4-10,21H,1-3H3,(H,19,20);;;(H3,1,2,3,4)/q;2*+1;/p-2. The van der Waals surface area contributed by atoms with Crippen LogP contribution in [0.1, 0.15) is 0 Å². The largest absolute Gasteiger partial charge is 1.00 e. The Morgan fingerprint density at radius 2 is 1.48 bits per heavy atom. The van der Waals surface area contributed by atoms with Gasteiger partial charge in [-0.1, -0.05) is 0 Å². The molecule has 1 heterocycles. The minimum Gasteiger partial charge on any atom is -0.790 e. The van der Waals surface area contributed by atoms with Crippen LogP contribution in [0.2, 0.25) is 0 Å². The molecule has 156 valence electrons. The number of nitrogens with zero attached hydrogens (tertiary/aromatic N) is 1. The van der Waals surface area contributed by atoms with E-state index in [2.05, 4.69) is 9.97 Å². The van der Waals surface area contributed by atoms with E-state index in [1.165, 1.54) is 7.11 Å². The molecule has 31 heavy (non-hydrogen) atoms. The van der Waals surface area contributed by atoms with E-state index in [-0.39, 0.29) is 64.9 Å². The third-order valence-electron chi connectivity index (χ3n) is 3.73. The second-order valence-corrected chi connectivity index (χ2v) is 6.52. The van der Waals surface area contributed by atoms with Crippen LogP contribution in [0.25, 0.3) is 22.5 Å². The van der Waals surface area contributed by atoms with Crippen molar-refractivity contribution in [3.8, 4) is 45.5 Å². The van der Waals surface area contributed by atoms with E-state index < -0.39 is 7.82 Å². The summed E-state index contributed by atoms with van der Waals surface area (Å²) in [6.07, 6.45) is 1.61. The first-order valence-corrected chi connectivity index (χ1v) is 9.54. The first-order chi connectivity index (χ1) is 13.7. The van der Waals surface area contributed by atoms with E-state index in [0.29, 0.717) is 17.2 Å². The van der Waals surface area contributed by atoms with E-state index in [9.17, 15) is 5.11 Å². The Morgan fingerprint density at radius 1 is 0.935 bits per heavy atom. The van der Waals surface area contributed by atoms with E-state index in [1.54, 1.807) is 38.7 Å². The third-order valence-corrected chi connectivity index (χ3v) is 3.73. The van der Waals surface area contributed by atoms with Crippen molar-refractivity contribution in [2.45, 2.75) is 0 Å². The Labute approximate surface area is 223 Å². The Kier molecular flexibility index (Phi) is 13.0. The van der Waals surface area contributed by atoms with Gasteiger partial charge in [0.15, 0.2) is 11.5 Å². The second kappa shape index (κ2) is 13.5. The second-order valence-electron chi connectivity index (χ2n) is 5.58. The number of nitrogens with one attached hydrogen (secondary N) is 1. The molecule has 0 aliphatic rings. The summed E-state index contributed by atoms with van der Waals surface area (Å²) in [5, 5.41) is 10.0. The van der Waals surface area contributed by atoms with Crippen molar-refractivity contribution in [1.82, 2.24) is 9.97 Å². The minimum absolute atomic E-state index is 0. The van der Waals surface area contributed by atoms with Crippen LogP contribution in [0.15, 0.2) is 42.7 Å². The Balaban J connectivity index is 0.00000116. The number of benzene rings is 2. The molecule has 0 aliphatic heterocycles. The molecule has 3 N–H and O–H groups in total. The molecular weight excluding hydrogens is 449 g/mol. The predicted octanol–water partition coefficient (Wildman–Crippen LogP) is -4.71. The van der Waals surface area contributed by atoms with Gasteiger partial charge in [-0.25, -0.2) is 4.98 Å². The van der Waals surface area contributed by atoms with Gasteiger partial charge in [0.25, 0.3) is 0 Å². The van der Waals surface area contributed by atoms with Gasteiger partial charge < -0.3 is 43.5 Å². The van der Waals surface area contributed by atoms with Crippen LogP contribution in [0, 0.1) is 0 Å². The summed E-state index contributed by atoms with van der Waals surface area (Å²) in [7, 11) is -0.421. The normalized spacial score (nSPS) is 10.0. The maximum Gasteiger partial charge on any atom is 1.00 e. The zero-order valence-corrected chi connectivity index (χ0v) is 22.7. The maximum absolute atomic E-state index is 10.0. The zero-order valence-electron chi connectivity index (χ0n) is 17.8. The molecule has 2 aromatic carbocycles. The zero-order chi connectivity index (χ0) is 21.6. The van der Waals surface area contributed by atoms with Gasteiger partial charge in [-0.05, 0) is 30.3 Å². The number of aromatic hydroxyl groups is 1. The number of aromatic amines is 1. The van der Waals surface area contributed by atoms with Crippen LogP contribution in [0.4, 0.5) is 0 Å². The molecule has 0 spiro atoms. The number of ether oxygens (including phenoxy) is 3. The molecular formula is C18H19N2Na2O8P. The fourth-order valence-electron chi connectivity index (χ4n) is 2.52. The minimum atomic E-state index is -5.14. The molecule has 0 atom stereocenters. The molecule has 0 amide bonds. The SMILES string of the molecule is COc1cc(OC)cc(-c2nc[nH]c2-c2ccc(OC)c(O)c2)c1.O=P([O-])([O-])O.[Na+].[Na+]. The molecule has 0 bridgehead atoms. The first kappa shape index (κ1) is 30.0. The number of phenolic OH excluding ortho intramolecular Hbond substituents is 1. The van der Waals surface area contributed by atoms with Crippen molar-refractivity contribution < 1.29 is 97.7 Å². The van der Waals surface area contributed by atoms with Gasteiger partial charge in [0, 0.05) is 17.2 Å². The smallest absolute Gasteiger partial charge is 0.790 e. The van der Waals surface area contributed by atoms with Gasteiger partial charge in [0.1, 0.15) is 11.5 Å². The average Bonchev–Trinajstić information content (AvgIpc) is 3.16. The molecule has 0 aliphatic carbocycles. The van der Waals surface area contributed by atoms with Crippen molar-refractivity contribution in [2.24, 2.45) is 0 Å². The molecule has 0 saturated carbocycles. The number of phosphoric acid groups is 1. The summed E-state index contributed by atoms with van der Waals surface area (Å²) in [4.78, 5) is 31.8. The summed E-state index contributed by atoms with van der Waals surface area (Å²) in [6, 6.07) is 10.8. The molecule has 3 rings (SSSR count). The van der Waals surface area contributed by atoms with Crippen molar-refractivity contribution in [3.05, 3.63) is 42.7 Å². The van der Waals surface area contributed by atoms with Crippen LogP contribution < -0.4 is 83.1 Å².